The molecule has 2 heterocycles. The Morgan fingerprint density at radius 1 is 1.11 bits per heavy atom. The summed E-state index contributed by atoms with van der Waals surface area (Å²) in [5, 5.41) is 10.1. The number of amides is 1. The summed E-state index contributed by atoms with van der Waals surface area (Å²) in [6.45, 7) is 2.24. The highest BCUT2D eigenvalue weighted by atomic mass is 19.4. The van der Waals surface area contributed by atoms with Gasteiger partial charge in [0.25, 0.3) is 5.91 Å². The van der Waals surface area contributed by atoms with Crippen LogP contribution < -0.4 is 10.6 Å². The van der Waals surface area contributed by atoms with Crippen molar-refractivity contribution in [2.24, 2.45) is 7.05 Å². The molecule has 6 nitrogen and oxygen atoms in total. The smallest absolute Gasteiger partial charge is 0.378 e. The minimum atomic E-state index is -4.42. The summed E-state index contributed by atoms with van der Waals surface area (Å²) in [6, 6.07) is 7.97. The third-order valence-corrected chi connectivity index (χ3v) is 4.13. The topological polar surface area (TPSA) is 71.8 Å². The first-order chi connectivity index (χ1) is 13.3. The molecule has 0 saturated carbocycles. The Kier molecular flexibility index (Phi) is 5.34. The van der Waals surface area contributed by atoms with Gasteiger partial charge in [0, 0.05) is 31.7 Å². The van der Waals surface area contributed by atoms with E-state index in [9.17, 15) is 18.0 Å². The Bertz CT molecular complexity index is 966. The zero-order valence-electron chi connectivity index (χ0n) is 15.2. The molecule has 0 aliphatic carbocycles. The SMILES string of the molecule is Cc1nn(C)c(C(=O)Nc2ccc(C(F)(F)F)cc2)c1NCc1ccncc1. The van der Waals surface area contributed by atoms with Crippen LogP contribution in [-0.2, 0) is 19.8 Å². The maximum Gasteiger partial charge on any atom is 0.416 e. The molecule has 1 amide bonds. The van der Waals surface area contributed by atoms with Crippen LogP contribution in [0.25, 0.3) is 0 Å². The van der Waals surface area contributed by atoms with Gasteiger partial charge < -0.3 is 10.6 Å². The Morgan fingerprint density at radius 2 is 1.75 bits per heavy atom. The molecule has 3 rings (SSSR count). The first-order valence-electron chi connectivity index (χ1n) is 8.40. The third kappa shape index (κ3) is 4.30. The van der Waals surface area contributed by atoms with E-state index in [-0.39, 0.29) is 11.4 Å². The highest BCUT2D eigenvalue weighted by Crippen LogP contribution is 2.30. The number of rotatable bonds is 5. The summed E-state index contributed by atoms with van der Waals surface area (Å²) in [5.74, 6) is -0.472. The number of hydrogen-bond acceptors (Lipinski definition) is 4. The number of nitrogens with one attached hydrogen (secondary N) is 2. The number of aryl methyl sites for hydroxylation is 2. The molecule has 0 radical (unpaired) electrons. The van der Waals surface area contributed by atoms with Gasteiger partial charge in [-0.3, -0.25) is 14.5 Å². The quantitative estimate of drug-likeness (QED) is 0.692. The molecule has 146 valence electrons. The molecule has 3 aromatic rings. The van der Waals surface area contributed by atoms with E-state index in [0.717, 1.165) is 17.7 Å². The van der Waals surface area contributed by atoms with E-state index in [1.54, 1.807) is 26.4 Å². The zero-order valence-corrected chi connectivity index (χ0v) is 15.2. The van der Waals surface area contributed by atoms with Crippen molar-refractivity contribution in [1.29, 1.82) is 0 Å². The molecule has 0 aliphatic rings. The Morgan fingerprint density at radius 3 is 2.36 bits per heavy atom. The molecule has 0 spiro atoms. The molecule has 2 aromatic heterocycles. The third-order valence-electron chi connectivity index (χ3n) is 4.13. The van der Waals surface area contributed by atoms with Gasteiger partial charge in [0.05, 0.1) is 16.9 Å². The Balaban J connectivity index is 1.78. The van der Waals surface area contributed by atoms with Crippen molar-refractivity contribution < 1.29 is 18.0 Å². The number of nitrogens with zero attached hydrogens (tertiary/aromatic N) is 3. The summed E-state index contributed by atoms with van der Waals surface area (Å²) in [6.07, 6.45) is -1.08. The molecule has 0 atom stereocenters. The molecular formula is C19H18F3N5O. The number of hydrogen-bond donors (Lipinski definition) is 2. The van der Waals surface area contributed by atoms with Crippen LogP contribution in [0.2, 0.25) is 0 Å². The van der Waals surface area contributed by atoms with Gasteiger partial charge >= 0.3 is 6.18 Å². The van der Waals surface area contributed by atoms with E-state index >= 15 is 0 Å². The molecule has 0 bridgehead atoms. The number of carbonyl (C=O) groups is 1. The standard InChI is InChI=1S/C19H18F3N5O/c1-12-16(24-11-13-7-9-23-10-8-13)17(27(2)26-12)18(28)25-15-5-3-14(4-6-15)19(20,21)22/h3-10,24H,11H2,1-2H3,(H,25,28). The van der Waals surface area contributed by atoms with Crippen molar-refractivity contribution in [3.05, 3.63) is 71.3 Å². The minimum Gasteiger partial charge on any atom is -0.378 e. The summed E-state index contributed by atoms with van der Waals surface area (Å²) < 4.78 is 39.4. The minimum absolute atomic E-state index is 0.261. The van der Waals surface area contributed by atoms with E-state index < -0.39 is 17.6 Å². The van der Waals surface area contributed by atoms with Gasteiger partial charge in [-0.2, -0.15) is 18.3 Å². The Hall–Kier alpha value is -3.36. The average Bonchev–Trinajstić information content (AvgIpc) is 2.93. The van der Waals surface area contributed by atoms with Crippen molar-refractivity contribution >= 4 is 17.3 Å². The molecule has 9 heteroatoms. The van der Waals surface area contributed by atoms with Crippen LogP contribution in [0.3, 0.4) is 0 Å². The number of alkyl halides is 3. The number of anilines is 2. The first kappa shape index (κ1) is 19.4. The van der Waals surface area contributed by atoms with Gasteiger partial charge in [-0.15, -0.1) is 0 Å². The highest BCUT2D eigenvalue weighted by molar-refractivity contribution is 6.07. The maximum atomic E-state index is 12.7. The monoisotopic (exact) mass is 389 g/mol. The molecule has 0 saturated heterocycles. The van der Waals surface area contributed by atoms with Crippen molar-refractivity contribution in [3.63, 3.8) is 0 Å². The molecule has 28 heavy (non-hydrogen) atoms. The van der Waals surface area contributed by atoms with Crippen LogP contribution >= 0.6 is 0 Å². The summed E-state index contributed by atoms with van der Waals surface area (Å²) >= 11 is 0. The van der Waals surface area contributed by atoms with E-state index in [0.29, 0.717) is 17.9 Å². The number of pyridine rings is 1. The summed E-state index contributed by atoms with van der Waals surface area (Å²) in [5.41, 5.74) is 1.94. The maximum absolute atomic E-state index is 12.7. The van der Waals surface area contributed by atoms with Gasteiger partial charge in [-0.1, -0.05) is 0 Å². The van der Waals surface area contributed by atoms with Crippen molar-refractivity contribution in [3.8, 4) is 0 Å². The van der Waals surface area contributed by atoms with Crippen molar-refractivity contribution in [2.45, 2.75) is 19.6 Å². The Labute approximate surface area is 159 Å². The second-order valence-corrected chi connectivity index (χ2v) is 6.17. The van der Waals surface area contributed by atoms with Crippen LogP contribution in [-0.4, -0.2) is 20.7 Å². The highest BCUT2D eigenvalue weighted by Gasteiger charge is 2.30. The van der Waals surface area contributed by atoms with Gasteiger partial charge in [-0.05, 0) is 48.9 Å². The fourth-order valence-electron chi connectivity index (χ4n) is 2.75. The molecule has 0 unspecified atom stereocenters. The molecule has 0 fully saturated rings. The summed E-state index contributed by atoms with van der Waals surface area (Å²) in [7, 11) is 1.63. The number of benzene rings is 1. The molecular weight excluding hydrogens is 371 g/mol. The second-order valence-electron chi connectivity index (χ2n) is 6.17. The van der Waals surface area contributed by atoms with Crippen LogP contribution in [0.4, 0.5) is 24.5 Å². The average molecular weight is 389 g/mol. The number of halogens is 3. The predicted molar refractivity (Wildman–Crippen MR) is 98.9 cm³/mol. The lowest BCUT2D eigenvalue weighted by Crippen LogP contribution is -2.18. The molecule has 1 aromatic carbocycles. The van der Waals surface area contributed by atoms with Crippen LogP contribution in [0, 0.1) is 6.92 Å². The van der Waals surface area contributed by atoms with Crippen molar-refractivity contribution in [1.82, 2.24) is 14.8 Å². The van der Waals surface area contributed by atoms with E-state index in [2.05, 4.69) is 20.7 Å². The molecule has 0 aliphatic heterocycles. The van der Waals surface area contributed by atoms with E-state index in [1.807, 2.05) is 12.1 Å². The molecule has 2 N–H and O–H groups in total. The van der Waals surface area contributed by atoms with Gasteiger partial charge in [-0.25, -0.2) is 0 Å². The van der Waals surface area contributed by atoms with Crippen LogP contribution in [0.1, 0.15) is 27.3 Å². The van der Waals surface area contributed by atoms with Crippen LogP contribution in [0.5, 0.6) is 0 Å². The van der Waals surface area contributed by atoms with Gasteiger partial charge in [0.1, 0.15) is 5.69 Å². The predicted octanol–water partition coefficient (Wildman–Crippen LogP) is 4.01. The number of carbonyl (C=O) groups excluding carboxylic acids is 1. The fourth-order valence-corrected chi connectivity index (χ4v) is 2.75. The first-order valence-corrected chi connectivity index (χ1v) is 8.40. The lowest BCUT2D eigenvalue weighted by atomic mass is 10.2. The lowest BCUT2D eigenvalue weighted by molar-refractivity contribution is -0.137. The lowest BCUT2D eigenvalue weighted by Gasteiger charge is -2.11. The zero-order chi connectivity index (χ0) is 20.3. The van der Waals surface area contributed by atoms with Gasteiger partial charge in [0.2, 0.25) is 0 Å². The van der Waals surface area contributed by atoms with Crippen molar-refractivity contribution in [2.75, 3.05) is 10.6 Å². The second kappa shape index (κ2) is 7.71. The van der Waals surface area contributed by atoms with Gasteiger partial charge in [0.15, 0.2) is 0 Å². The van der Waals surface area contributed by atoms with Crippen LogP contribution in [0.15, 0.2) is 48.8 Å². The largest absolute Gasteiger partial charge is 0.416 e. The number of aromatic nitrogens is 3. The fraction of sp³-hybridized carbons (Fsp3) is 0.211. The normalized spacial score (nSPS) is 11.3. The van der Waals surface area contributed by atoms with E-state index in [4.69, 9.17) is 0 Å². The summed E-state index contributed by atoms with van der Waals surface area (Å²) in [4.78, 5) is 16.7. The van der Waals surface area contributed by atoms with E-state index in [1.165, 1.54) is 16.8 Å².